The molecule has 6 heteroatoms. The third-order valence-electron chi connectivity index (χ3n) is 5.76. The lowest BCUT2D eigenvalue weighted by molar-refractivity contribution is 0.214. The first-order chi connectivity index (χ1) is 15.6. The Morgan fingerprint density at radius 1 is 0.969 bits per heavy atom. The number of benzene rings is 2. The zero-order valence-corrected chi connectivity index (χ0v) is 19.0. The number of hydrogen-bond donors (Lipinski definition) is 0. The van der Waals surface area contributed by atoms with Crippen molar-refractivity contribution in [3.05, 3.63) is 78.1 Å². The van der Waals surface area contributed by atoms with Gasteiger partial charge in [0.15, 0.2) is 0 Å². The van der Waals surface area contributed by atoms with Crippen LogP contribution in [0.3, 0.4) is 0 Å². The Labute approximate surface area is 194 Å². The van der Waals surface area contributed by atoms with E-state index in [0.29, 0.717) is 12.5 Å². The van der Waals surface area contributed by atoms with E-state index in [-0.39, 0.29) is 6.03 Å². The highest BCUT2D eigenvalue weighted by atomic mass is 35.5. The highest BCUT2D eigenvalue weighted by molar-refractivity contribution is 6.30. The Balaban J connectivity index is 1.18. The molecular weight excluding hydrogens is 422 g/mol. The largest absolute Gasteiger partial charge is 0.493 e. The standard InChI is InChI=1S/C26H28ClN3O2/c1-20(3-2-16-29-17-18-30(26(29)31)24-12-14-28-15-13-24)19-32-25-10-6-22(7-11-25)21-4-8-23(27)9-5-21/h4-15,20H,2-3,16-19H2,1H3. The van der Waals surface area contributed by atoms with E-state index in [1.54, 1.807) is 12.4 Å². The number of anilines is 1. The summed E-state index contributed by atoms with van der Waals surface area (Å²) in [6.45, 7) is 5.13. The minimum absolute atomic E-state index is 0.0841. The number of ether oxygens (including phenoxy) is 1. The van der Waals surface area contributed by atoms with Gasteiger partial charge in [0.05, 0.1) is 6.61 Å². The number of pyridine rings is 1. The average molecular weight is 450 g/mol. The van der Waals surface area contributed by atoms with Gasteiger partial charge >= 0.3 is 6.03 Å². The number of aromatic nitrogens is 1. The summed E-state index contributed by atoms with van der Waals surface area (Å²) >= 11 is 5.96. The minimum atomic E-state index is 0.0841. The monoisotopic (exact) mass is 449 g/mol. The summed E-state index contributed by atoms with van der Waals surface area (Å²) in [6, 6.07) is 19.8. The van der Waals surface area contributed by atoms with E-state index in [0.717, 1.165) is 60.1 Å². The molecule has 4 rings (SSSR count). The van der Waals surface area contributed by atoms with E-state index in [1.165, 1.54) is 0 Å². The van der Waals surface area contributed by atoms with Crippen LogP contribution < -0.4 is 9.64 Å². The number of nitrogens with zero attached hydrogens (tertiary/aromatic N) is 3. The van der Waals surface area contributed by atoms with E-state index < -0.39 is 0 Å². The van der Waals surface area contributed by atoms with Crippen molar-refractivity contribution < 1.29 is 9.53 Å². The van der Waals surface area contributed by atoms with Crippen molar-refractivity contribution >= 4 is 23.3 Å². The minimum Gasteiger partial charge on any atom is -0.493 e. The number of carbonyl (C=O) groups is 1. The number of carbonyl (C=O) groups excluding carboxylic acids is 1. The van der Waals surface area contributed by atoms with Crippen LogP contribution >= 0.6 is 11.6 Å². The summed E-state index contributed by atoms with van der Waals surface area (Å²) in [5.74, 6) is 1.29. The fourth-order valence-electron chi connectivity index (χ4n) is 3.89. The Morgan fingerprint density at radius 2 is 1.62 bits per heavy atom. The predicted molar refractivity (Wildman–Crippen MR) is 129 cm³/mol. The molecule has 1 saturated heterocycles. The highest BCUT2D eigenvalue weighted by Crippen LogP contribution is 2.24. The molecule has 3 aromatic rings. The molecule has 2 heterocycles. The lowest BCUT2D eigenvalue weighted by Gasteiger charge is -2.19. The molecule has 1 fully saturated rings. The summed E-state index contributed by atoms with van der Waals surface area (Å²) in [6.07, 6.45) is 5.42. The van der Waals surface area contributed by atoms with Crippen molar-refractivity contribution in [2.24, 2.45) is 5.92 Å². The SMILES string of the molecule is CC(CCCN1CCN(c2ccncc2)C1=O)COc1ccc(-c2ccc(Cl)cc2)cc1. The first-order valence-electron chi connectivity index (χ1n) is 11.1. The molecule has 0 bridgehead atoms. The molecule has 0 N–H and O–H groups in total. The summed E-state index contributed by atoms with van der Waals surface area (Å²) in [5, 5.41) is 0.739. The van der Waals surface area contributed by atoms with Crippen LogP contribution in [0.25, 0.3) is 11.1 Å². The summed E-state index contributed by atoms with van der Waals surface area (Å²) in [5.41, 5.74) is 3.18. The second-order valence-electron chi connectivity index (χ2n) is 8.22. The molecule has 1 aliphatic heterocycles. The van der Waals surface area contributed by atoms with Gasteiger partial charge in [-0.2, -0.15) is 0 Å². The Morgan fingerprint density at radius 3 is 2.31 bits per heavy atom. The lowest BCUT2D eigenvalue weighted by atomic mass is 10.1. The normalized spacial score (nSPS) is 14.6. The summed E-state index contributed by atoms with van der Waals surface area (Å²) in [4.78, 5) is 20.4. The molecule has 1 atom stereocenters. The molecule has 32 heavy (non-hydrogen) atoms. The van der Waals surface area contributed by atoms with Crippen molar-refractivity contribution in [2.45, 2.75) is 19.8 Å². The van der Waals surface area contributed by atoms with Crippen molar-refractivity contribution in [1.82, 2.24) is 9.88 Å². The first-order valence-corrected chi connectivity index (χ1v) is 11.4. The van der Waals surface area contributed by atoms with E-state index >= 15 is 0 Å². The van der Waals surface area contributed by atoms with E-state index in [1.807, 2.05) is 58.3 Å². The topological polar surface area (TPSA) is 45.7 Å². The van der Waals surface area contributed by atoms with Gasteiger partial charge in [0, 0.05) is 42.7 Å². The van der Waals surface area contributed by atoms with Crippen LogP contribution in [-0.4, -0.2) is 42.2 Å². The second kappa shape index (κ2) is 10.5. The number of hydrogen-bond acceptors (Lipinski definition) is 3. The summed E-state index contributed by atoms with van der Waals surface area (Å²) < 4.78 is 5.98. The molecule has 1 unspecified atom stereocenters. The van der Waals surface area contributed by atoms with Crippen molar-refractivity contribution in [2.75, 3.05) is 31.1 Å². The number of halogens is 1. The van der Waals surface area contributed by atoms with Crippen LogP contribution in [0.2, 0.25) is 5.02 Å². The smallest absolute Gasteiger partial charge is 0.324 e. The fraction of sp³-hybridized carbons (Fsp3) is 0.308. The van der Waals surface area contributed by atoms with Gasteiger partial charge in [0.25, 0.3) is 0 Å². The third kappa shape index (κ3) is 5.60. The quantitative estimate of drug-likeness (QED) is 0.394. The maximum absolute atomic E-state index is 12.6. The van der Waals surface area contributed by atoms with Crippen LogP contribution in [0.1, 0.15) is 19.8 Å². The Kier molecular flexibility index (Phi) is 7.28. The van der Waals surface area contributed by atoms with Crippen LogP contribution in [0.15, 0.2) is 73.1 Å². The van der Waals surface area contributed by atoms with Gasteiger partial charge in [0.1, 0.15) is 5.75 Å². The number of amides is 2. The molecule has 0 radical (unpaired) electrons. The molecule has 0 aliphatic carbocycles. The van der Waals surface area contributed by atoms with Gasteiger partial charge in [-0.15, -0.1) is 0 Å². The van der Waals surface area contributed by atoms with Crippen molar-refractivity contribution in [1.29, 1.82) is 0 Å². The molecule has 1 aliphatic rings. The molecule has 5 nitrogen and oxygen atoms in total. The van der Waals surface area contributed by atoms with Crippen LogP contribution in [0.5, 0.6) is 5.75 Å². The number of urea groups is 1. The van der Waals surface area contributed by atoms with Gasteiger partial charge in [-0.1, -0.05) is 42.8 Å². The van der Waals surface area contributed by atoms with Gasteiger partial charge in [-0.05, 0) is 66.3 Å². The maximum atomic E-state index is 12.6. The zero-order valence-electron chi connectivity index (χ0n) is 18.3. The van der Waals surface area contributed by atoms with Crippen LogP contribution in [0.4, 0.5) is 10.5 Å². The van der Waals surface area contributed by atoms with Crippen LogP contribution in [-0.2, 0) is 0 Å². The van der Waals surface area contributed by atoms with E-state index in [2.05, 4.69) is 24.0 Å². The highest BCUT2D eigenvalue weighted by Gasteiger charge is 2.28. The molecule has 166 valence electrons. The molecule has 2 aromatic carbocycles. The third-order valence-corrected chi connectivity index (χ3v) is 6.01. The molecular formula is C26H28ClN3O2. The Hall–Kier alpha value is -3.05. The van der Waals surface area contributed by atoms with Gasteiger partial charge in [-0.25, -0.2) is 4.79 Å². The van der Waals surface area contributed by atoms with Gasteiger partial charge < -0.3 is 9.64 Å². The lowest BCUT2D eigenvalue weighted by Crippen LogP contribution is -2.32. The second-order valence-corrected chi connectivity index (χ2v) is 8.65. The first kappa shape index (κ1) is 22.2. The maximum Gasteiger partial charge on any atom is 0.324 e. The fourth-order valence-corrected chi connectivity index (χ4v) is 4.02. The van der Waals surface area contributed by atoms with Gasteiger partial charge in [0.2, 0.25) is 0 Å². The van der Waals surface area contributed by atoms with Gasteiger partial charge in [-0.3, -0.25) is 9.88 Å². The Bertz CT molecular complexity index is 1010. The zero-order chi connectivity index (χ0) is 22.3. The van der Waals surface area contributed by atoms with Crippen molar-refractivity contribution in [3.63, 3.8) is 0 Å². The van der Waals surface area contributed by atoms with Crippen LogP contribution in [0, 0.1) is 5.92 Å². The average Bonchev–Trinajstić information content (AvgIpc) is 3.19. The number of rotatable bonds is 9. The molecule has 2 amide bonds. The molecule has 1 aromatic heterocycles. The van der Waals surface area contributed by atoms with E-state index in [9.17, 15) is 4.79 Å². The molecule has 0 saturated carbocycles. The predicted octanol–water partition coefficient (Wildman–Crippen LogP) is 6.14. The summed E-state index contributed by atoms with van der Waals surface area (Å²) in [7, 11) is 0. The van der Waals surface area contributed by atoms with E-state index in [4.69, 9.17) is 16.3 Å². The molecule has 0 spiro atoms. The van der Waals surface area contributed by atoms with Crippen molar-refractivity contribution in [3.8, 4) is 16.9 Å².